The van der Waals surface area contributed by atoms with Gasteiger partial charge in [0, 0.05) is 16.6 Å². The molecule has 20 heavy (non-hydrogen) atoms. The van der Waals surface area contributed by atoms with E-state index in [-0.39, 0.29) is 12.4 Å². The number of rotatable bonds is 6. The Morgan fingerprint density at radius 2 is 1.70 bits per heavy atom. The normalized spacial score (nSPS) is 10.3. The maximum Gasteiger partial charge on any atom is 0.165 e. The summed E-state index contributed by atoms with van der Waals surface area (Å²) in [7, 11) is 0. The van der Waals surface area contributed by atoms with Gasteiger partial charge in [0.2, 0.25) is 0 Å². The Hall–Kier alpha value is -1.59. The van der Waals surface area contributed by atoms with Gasteiger partial charge in [-0.05, 0) is 24.3 Å². The molecular weight excluding hydrogens is 325 g/mol. The van der Waals surface area contributed by atoms with E-state index < -0.39 is 5.82 Å². The topological polar surface area (TPSA) is 44.5 Å². The van der Waals surface area contributed by atoms with Crippen molar-refractivity contribution in [2.45, 2.75) is 6.54 Å². The highest BCUT2D eigenvalue weighted by molar-refractivity contribution is 9.10. The van der Waals surface area contributed by atoms with Crippen LogP contribution in [0.25, 0.3) is 0 Å². The van der Waals surface area contributed by atoms with E-state index in [1.54, 1.807) is 12.1 Å². The summed E-state index contributed by atoms with van der Waals surface area (Å²) in [6.45, 7) is 0.993. The molecule has 0 fully saturated rings. The summed E-state index contributed by atoms with van der Waals surface area (Å²) in [6, 6.07) is 12.1. The number of hydrogen-bond donors (Lipinski definition) is 1. The van der Waals surface area contributed by atoms with E-state index in [9.17, 15) is 4.39 Å². The molecule has 0 atom stereocenters. The summed E-state index contributed by atoms with van der Waals surface area (Å²) in [5.74, 6) is 0.541. The van der Waals surface area contributed by atoms with Crippen LogP contribution in [0.4, 0.5) is 4.39 Å². The van der Waals surface area contributed by atoms with Gasteiger partial charge in [-0.25, -0.2) is 4.39 Å². The third-order valence-electron chi connectivity index (χ3n) is 2.68. The summed E-state index contributed by atoms with van der Waals surface area (Å²) < 4.78 is 25.1. The van der Waals surface area contributed by atoms with Crippen molar-refractivity contribution in [3.63, 3.8) is 0 Å². The van der Waals surface area contributed by atoms with E-state index in [4.69, 9.17) is 15.2 Å². The van der Waals surface area contributed by atoms with Crippen LogP contribution < -0.4 is 15.2 Å². The van der Waals surface area contributed by atoms with E-state index in [0.717, 1.165) is 15.8 Å². The summed E-state index contributed by atoms with van der Waals surface area (Å²) >= 11 is 3.27. The van der Waals surface area contributed by atoms with Crippen LogP contribution in [-0.4, -0.2) is 13.2 Å². The van der Waals surface area contributed by atoms with Crippen molar-refractivity contribution in [1.82, 2.24) is 0 Å². The van der Waals surface area contributed by atoms with Gasteiger partial charge in [0.05, 0.1) is 0 Å². The van der Waals surface area contributed by atoms with Crippen LogP contribution in [-0.2, 0) is 6.54 Å². The zero-order chi connectivity index (χ0) is 14.4. The van der Waals surface area contributed by atoms with E-state index >= 15 is 0 Å². The lowest BCUT2D eigenvalue weighted by Gasteiger charge is -2.11. The molecule has 0 spiro atoms. The molecule has 5 heteroatoms. The Bertz CT molecular complexity index is 578. The van der Waals surface area contributed by atoms with Crippen molar-refractivity contribution in [3.05, 3.63) is 58.3 Å². The molecule has 0 amide bonds. The lowest BCUT2D eigenvalue weighted by molar-refractivity contribution is 0.210. The quantitative estimate of drug-likeness (QED) is 0.819. The van der Waals surface area contributed by atoms with Crippen LogP contribution in [0.5, 0.6) is 11.5 Å². The first-order valence-corrected chi connectivity index (χ1v) is 6.98. The molecule has 0 saturated carbocycles. The largest absolute Gasteiger partial charge is 0.490 e. The van der Waals surface area contributed by atoms with Crippen molar-refractivity contribution in [2.75, 3.05) is 13.2 Å². The van der Waals surface area contributed by atoms with Gasteiger partial charge in [-0.1, -0.05) is 34.1 Å². The lowest BCUT2D eigenvalue weighted by Crippen LogP contribution is -2.11. The third kappa shape index (κ3) is 3.95. The molecule has 3 nitrogen and oxygen atoms in total. The van der Waals surface area contributed by atoms with E-state index in [2.05, 4.69) is 15.9 Å². The number of para-hydroxylation sites is 1. The van der Waals surface area contributed by atoms with Gasteiger partial charge < -0.3 is 15.2 Å². The summed E-state index contributed by atoms with van der Waals surface area (Å²) in [4.78, 5) is 0. The SMILES string of the molecule is NCc1ccccc1OCCOc1cc(Br)ccc1F. The van der Waals surface area contributed by atoms with Crippen LogP contribution in [0.3, 0.4) is 0 Å². The Morgan fingerprint density at radius 3 is 2.45 bits per heavy atom. The predicted octanol–water partition coefficient (Wildman–Crippen LogP) is 3.50. The van der Waals surface area contributed by atoms with Gasteiger partial charge in [0.1, 0.15) is 19.0 Å². The fourth-order valence-corrected chi connectivity index (χ4v) is 2.04. The van der Waals surface area contributed by atoms with E-state index in [1.165, 1.54) is 6.07 Å². The average molecular weight is 340 g/mol. The Morgan fingerprint density at radius 1 is 1.00 bits per heavy atom. The van der Waals surface area contributed by atoms with Gasteiger partial charge in [-0.3, -0.25) is 0 Å². The molecule has 2 N–H and O–H groups in total. The molecule has 2 aromatic carbocycles. The first-order valence-electron chi connectivity index (χ1n) is 6.19. The zero-order valence-electron chi connectivity index (χ0n) is 10.8. The minimum atomic E-state index is -0.393. The first kappa shape index (κ1) is 14.8. The smallest absolute Gasteiger partial charge is 0.165 e. The molecule has 0 radical (unpaired) electrons. The van der Waals surface area contributed by atoms with Crippen LogP contribution in [0.2, 0.25) is 0 Å². The minimum Gasteiger partial charge on any atom is -0.490 e. The Balaban J connectivity index is 1.86. The highest BCUT2D eigenvalue weighted by Gasteiger charge is 2.05. The number of benzene rings is 2. The minimum absolute atomic E-state index is 0.204. The summed E-state index contributed by atoms with van der Waals surface area (Å²) in [6.07, 6.45) is 0. The highest BCUT2D eigenvalue weighted by atomic mass is 79.9. The molecule has 0 aliphatic heterocycles. The fraction of sp³-hybridized carbons (Fsp3) is 0.200. The second-order valence-electron chi connectivity index (χ2n) is 4.08. The van der Waals surface area contributed by atoms with Crippen LogP contribution in [0.1, 0.15) is 5.56 Å². The molecule has 0 heterocycles. The number of halogens is 2. The molecule has 2 aromatic rings. The molecule has 0 aliphatic rings. The first-order chi connectivity index (χ1) is 9.70. The van der Waals surface area contributed by atoms with Gasteiger partial charge in [-0.2, -0.15) is 0 Å². The summed E-state index contributed by atoms with van der Waals surface area (Å²) in [5, 5.41) is 0. The maximum atomic E-state index is 13.4. The molecule has 106 valence electrons. The molecule has 0 aromatic heterocycles. The van der Waals surface area contributed by atoms with Crippen molar-refractivity contribution in [1.29, 1.82) is 0 Å². The Labute approximate surface area is 125 Å². The molecule has 2 rings (SSSR count). The van der Waals surface area contributed by atoms with E-state index in [1.807, 2.05) is 24.3 Å². The predicted molar refractivity (Wildman–Crippen MR) is 79.4 cm³/mol. The maximum absolute atomic E-state index is 13.4. The Kier molecular flexibility index (Phi) is 5.38. The molecule has 0 saturated heterocycles. The van der Waals surface area contributed by atoms with E-state index in [0.29, 0.717) is 13.2 Å². The molecular formula is C15H15BrFNO2. The van der Waals surface area contributed by atoms with Gasteiger partial charge >= 0.3 is 0 Å². The van der Waals surface area contributed by atoms with Crippen LogP contribution in [0, 0.1) is 5.82 Å². The number of hydrogen-bond acceptors (Lipinski definition) is 3. The third-order valence-corrected chi connectivity index (χ3v) is 3.18. The zero-order valence-corrected chi connectivity index (χ0v) is 12.4. The molecule has 0 unspecified atom stereocenters. The van der Waals surface area contributed by atoms with Gasteiger partial charge in [0.15, 0.2) is 11.6 Å². The van der Waals surface area contributed by atoms with Gasteiger partial charge in [0.25, 0.3) is 0 Å². The molecule has 0 bridgehead atoms. The second kappa shape index (κ2) is 7.26. The van der Waals surface area contributed by atoms with Crippen LogP contribution >= 0.6 is 15.9 Å². The number of ether oxygens (including phenoxy) is 2. The lowest BCUT2D eigenvalue weighted by atomic mass is 10.2. The van der Waals surface area contributed by atoms with Crippen molar-refractivity contribution >= 4 is 15.9 Å². The second-order valence-corrected chi connectivity index (χ2v) is 5.00. The fourth-order valence-electron chi connectivity index (χ4n) is 1.70. The van der Waals surface area contributed by atoms with Crippen LogP contribution in [0.15, 0.2) is 46.9 Å². The van der Waals surface area contributed by atoms with Gasteiger partial charge in [-0.15, -0.1) is 0 Å². The number of nitrogens with two attached hydrogens (primary N) is 1. The average Bonchev–Trinajstić information content (AvgIpc) is 2.47. The van der Waals surface area contributed by atoms with Crippen molar-refractivity contribution in [2.24, 2.45) is 5.73 Å². The van der Waals surface area contributed by atoms with Crippen molar-refractivity contribution in [3.8, 4) is 11.5 Å². The monoisotopic (exact) mass is 339 g/mol. The standard InChI is InChI=1S/C15H15BrFNO2/c16-12-5-6-13(17)15(9-12)20-8-7-19-14-4-2-1-3-11(14)10-18/h1-6,9H,7-8,10,18H2. The van der Waals surface area contributed by atoms with Crippen molar-refractivity contribution < 1.29 is 13.9 Å². The molecule has 0 aliphatic carbocycles. The highest BCUT2D eigenvalue weighted by Crippen LogP contribution is 2.22. The summed E-state index contributed by atoms with van der Waals surface area (Å²) in [5.41, 5.74) is 6.55.